The van der Waals surface area contributed by atoms with Crippen molar-refractivity contribution in [3.05, 3.63) is 6.07 Å². The Kier molecular flexibility index (Phi) is 3.33. The van der Waals surface area contributed by atoms with Gasteiger partial charge in [0.2, 0.25) is 0 Å². The molecule has 0 amide bonds. The van der Waals surface area contributed by atoms with Crippen molar-refractivity contribution in [2.75, 3.05) is 43.2 Å². The zero-order valence-electron chi connectivity index (χ0n) is 10.5. The third kappa shape index (κ3) is 2.47. The van der Waals surface area contributed by atoms with E-state index in [0.717, 1.165) is 0 Å². The molecule has 1 aliphatic heterocycles. The molecule has 8 nitrogen and oxygen atoms in total. The maximum Gasteiger partial charge on any atom is 0.501 e. The zero-order valence-corrected chi connectivity index (χ0v) is 11.3. The fraction of sp³-hybridized carbons (Fsp3) is 0.400. The number of nitrogens with one attached hydrogen (secondary N) is 1. The Morgan fingerprint density at radius 3 is 2.68 bits per heavy atom. The smallest absolute Gasteiger partial charge is 0.395 e. The average molecular weight is 289 g/mol. The lowest BCUT2D eigenvalue weighted by Crippen LogP contribution is -2.25. The van der Waals surface area contributed by atoms with Crippen molar-refractivity contribution in [3.63, 3.8) is 0 Å². The summed E-state index contributed by atoms with van der Waals surface area (Å²) in [4.78, 5) is 1.71. The van der Waals surface area contributed by atoms with E-state index in [9.17, 15) is 8.42 Å². The molecular weight excluding hydrogens is 274 g/mol. The topological polar surface area (TPSA) is 114 Å². The molecule has 0 unspecified atom stereocenters. The molecule has 9 heteroatoms. The standard InChI is InChI=1S/C10H15N3O5S/c1-13(2)6-5-7-9(12-3-4-14)10(8(6)11)18-19(15,16)17-7/h5,12,14H,3-4,11H2,1-2H3. The SMILES string of the molecule is CN(C)c1cc2c(NCCO)c(c1N)OS(=O)(=O)O2. The van der Waals surface area contributed by atoms with Crippen LogP contribution < -0.4 is 24.3 Å². The third-order valence-electron chi connectivity index (χ3n) is 2.53. The van der Waals surface area contributed by atoms with Gasteiger partial charge in [-0.1, -0.05) is 0 Å². The quantitative estimate of drug-likeness (QED) is 0.650. The van der Waals surface area contributed by atoms with Crippen molar-refractivity contribution in [3.8, 4) is 11.5 Å². The van der Waals surface area contributed by atoms with Gasteiger partial charge in [-0.05, 0) is 0 Å². The molecule has 0 saturated heterocycles. The van der Waals surface area contributed by atoms with Crippen LogP contribution in [-0.2, 0) is 10.4 Å². The first-order valence-electron chi connectivity index (χ1n) is 5.48. The number of nitrogens with two attached hydrogens (primary N) is 1. The zero-order chi connectivity index (χ0) is 14.2. The Hall–Kier alpha value is -1.87. The third-order valence-corrected chi connectivity index (χ3v) is 3.29. The second kappa shape index (κ2) is 4.67. The Morgan fingerprint density at radius 1 is 1.42 bits per heavy atom. The van der Waals surface area contributed by atoms with Gasteiger partial charge in [-0.2, -0.15) is 0 Å². The van der Waals surface area contributed by atoms with Gasteiger partial charge in [0.05, 0.1) is 12.3 Å². The lowest BCUT2D eigenvalue weighted by Gasteiger charge is -2.26. The highest BCUT2D eigenvalue weighted by Gasteiger charge is 2.32. The molecule has 0 atom stereocenters. The molecule has 4 N–H and O–H groups in total. The van der Waals surface area contributed by atoms with Crippen LogP contribution in [0, 0.1) is 0 Å². The van der Waals surface area contributed by atoms with Crippen LogP contribution in [0.1, 0.15) is 0 Å². The molecule has 2 bridgehead atoms. The average Bonchev–Trinajstić information content (AvgIpc) is 2.30. The van der Waals surface area contributed by atoms with E-state index in [0.29, 0.717) is 11.4 Å². The number of hydrogen-bond acceptors (Lipinski definition) is 8. The predicted octanol–water partition coefficient (Wildman–Crippen LogP) is -0.245. The van der Waals surface area contributed by atoms with Crippen molar-refractivity contribution in [2.24, 2.45) is 0 Å². The molecule has 2 rings (SSSR count). The van der Waals surface area contributed by atoms with E-state index >= 15 is 0 Å². The van der Waals surface area contributed by atoms with Gasteiger partial charge >= 0.3 is 10.4 Å². The Morgan fingerprint density at radius 2 is 2.11 bits per heavy atom. The lowest BCUT2D eigenvalue weighted by atomic mass is 10.2. The van der Waals surface area contributed by atoms with Crippen LogP contribution in [0.15, 0.2) is 6.07 Å². The summed E-state index contributed by atoms with van der Waals surface area (Å²) in [6, 6.07) is 1.50. The molecule has 0 radical (unpaired) electrons. The van der Waals surface area contributed by atoms with Crippen molar-refractivity contribution >= 4 is 27.5 Å². The second-order valence-corrected chi connectivity index (χ2v) is 5.28. The summed E-state index contributed by atoms with van der Waals surface area (Å²) in [6.07, 6.45) is 0. The Bertz CT molecular complexity index is 600. The van der Waals surface area contributed by atoms with Gasteiger partial charge in [-0.3, -0.25) is 0 Å². The number of benzene rings is 1. The number of nitrogen functional groups attached to an aromatic ring is 1. The predicted molar refractivity (Wildman–Crippen MR) is 70.9 cm³/mol. The Labute approximate surface area is 111 Å². The molecule has 106 valence electrons. The largest absolute Gasteiger partial charge is 0.501 e. The van der Waals surface area contributed by atoms with E-state index in [1.807, 2.05) is 0 Å². The first kappa shape index (κ1) is 13.6. The molecule has 1 aliphatic rings. The van der Waals surface area contributed by atoms with Gasteiger partial charge in [0.1, 0.15) is 11.4 Å². The van der Waals surface area contributed by atoms with Crippen molar-refractivity contribution in [1.29, 1.82) is 0 Å². The van der Waals surface area contributed by atoms with Gasteiger partial charge in [0.15, 0.2) is 11.5 Å². The van der Waals surface area contributed by atoms with Crippen LogP contribution in [0.2, 0.25) is 0 Å². The monoisotopic (exact) mass is 289 g/mol. The van der Waals surface area contributed by atoms with Crippen LogP contribution in [0.4, 0.5) is 17.1 Å². The van der Waals surface area contributed by atoms with Crippen LogP contribution in [-0.4, -0.2) is 40.8 Å². The second-order valence-electron chi connectivity index (χ2n) is 4.13. The molecular formula is C10H15N3O5S. The van der Waals surface area contributed by atoms with E-state index in [1.54, 1.807) is 19.0 Å². The van der Waals surface area contributed by atoms with Gasteiger partial charge < -0.3 is 29.4 Å². The number of hydrogen-bond donors (Lipinski definition) is 3. The van der Waals surface area contributed by atoms with E-state index in [1.165, 1.54) is 6.07 Å². The number of anilines is 3. The summed E-state index contributed by atoms with van der Waals surface area (Å²) in [5.41, 5.74) is 6.97. The number of fused-ring (bicyclic) bond motifs is 2. The van der Waals surface area contributed by atoms with Crippen molar-refractivity contribution in [2.45, 2.75) is 0 Å². The Balaban J connectivity index is 2.58. The summed E-state index contributed by atoms with van der Waals surface area (Å²) >= 11 is 0. The summed E-state index contributed by atoms with van der Waals surface area (Å²) in [5, 5.41) is 11.6. The first-order chi connectivity index (χ1) is 8.85. The lowest BCUT2D eigenvalue weighted by molar-refractivity contribution is 0.310. The molecule has 1 aromatic carbocycles. The van der Waals surface area contributed by atoms with Crippen LogP contribution in [0.25, 0.3) is 0 Å². The molecule has 1 aromatic rings. The number of aliphatic hydroxyl groups is 1. The molecule has 0 fully saturated rings. The summed E-state index contributed by atoms with van der Waals surface area (Å²) in [7, 11) is -0.623. The minimum absolute atomic E-state index is 0.0131. The van der Waals surface area contributed by atoms with Gasteiger partial charge in [-0.15, -0.1) is 8.42 Å². The number of nitrogens with zero attached hydrogens (tertiary/aromatic N) is 1. The minimum atomic E-state index is -4.14. The van der Waals surface area contributed by atoms with Crippen LogP contribution in [0.5, 0.6) is 11.5 Å². The van der Waals surface area contributed by atoms with Crippen molar-refractivity contribution in [1.82, 2.24) is 0 Å². The number of rotatable bonds is 4. The van der Waals surface area contributed by atoms with Crippen LogP contribution in [0.3, 0.4) is 0 Å². The van der Waals surface area contributed by atoms with E-state index < -0.39 is 10.4 Å². The summed E-state index contributed by atoms with van der Waals surface area (Å²) < 4.78 is 32.4. The maximum absolute atomic E-state index is 11.4. The summed E-state index contributed by atoms with van der Waals surface area (Å²) in [5.74, 6) is 0.0773. The van der Waals surface area contributed by atoms with Gasteiger partial charge in [0, 0.05) is 26.7 Å². The van der Waals surface area contributed by atoms with E-state index in [2.05, 4.69) is 5.32 Å². The fourth-order valence-electron chi connectivity index (χ4n) is 1.74. The number of aliphatic hydroxyl groups excluding tert-OH is 1. The highest BCUT2D eigenvalue weighted by Crippen LogP contribution is 2.49. The molecule has 19 heavy (non-hydrogen) atoms. The molecule has 0 spiro atoms. The molecule has 0 aliphatic carbocycles. The van der Waals surface area contributed by atoms with Crippen LogP contribution >= 0.6 is 0 Å². The minimum Gasteiger partial charge on any atom is -0.395 e. The molecule has 0 saturated carbocycles. The van der Waals surface area contributed by atoms with Gasteiger partial charge in [0.25, 0.3) is 0 Å². The van der Waals surface area contributed by atoms with E-state index in [-0.39, 0.29) is 30.3 Å². The highest BCUT2D eigenvalue weighted by atomic mass is 32.3. The summed E-state index contributed by atoms with van der Waals surface area (Å²) in [6.45, 7) is 0.0918. The molecule has 1 heterocycles. The normalized spacial score (nSPS) is 15.3. The first-order valence-corrected chi connectivity index (χ1v) is 6.81. The van der Waals surface area contributed by atoms with E-state index in [4.69, 9.17) is 19.2 Å². The molecule has 0 aromatic heterocycles. The van der Waals surface area contributed by atoms with Gasteiger partial charge in [-0.25, -0.2) is 0 Å². The highest BCUT2D eigenvalue weighted by molar-refractivity contribution is 7.82. The fourth-order valence-corrected chi connectivity index (χ4v) is 2.50. The maximum atomic E-state index is 11.4. The van der Waals surface area contributed by atoms with Crippen molar-refractivity contribution < 1.29 is 21.9 Å².